The number of ether oxygens (including phenoxy) is 2. The zero-order chi connectivity index (χ0) is 17.1. The van der Waals surface area contributed by atoms with Gasteiger partial charge in [0.15, 0.2) is 5.79 Å². The van der Waals surface area contributed by atoms with Crippen molar-refractivity contribution in [2.45, 2.75) is 64.4 Å². The highest BCUT2D eigenvalue weighted by Gasteiger charge is 2.37. The molecule has 1 fully saturated rings. The summed E-state index contributed by atoms with van der Waals surface area (Å²) in [5.74, 6) is 2.79. The van der Waals surface area contributed by atoms with Crippen LogP contribution in [-0.2, 0) is 9.47 Å². The Balaban J connectivity index is 2.13. The first-order valence-corrected chi connectivity index (χ1v) is 11.8. The van der Waals surface area contributed by atoms with Crippen molar-refractivity contribution in [3.63, 3.8) is 0 Å². The first kappa shape index (κ1) is 18.2. The third-order valence-electron chi connectivity index (χ3n) is 3.64. The molecule has 3 atom stereocenters. The lowest BCUT2D eigenvalue weighted by atomic mass is 10.00. The van der Waals surface area contributed by atoms with Crippen LogP contribution < -0.4 is 5.32 Å². The minimum absolute atomic E-state index is 0.0314. The SMILES string of the molecule is C[C@@H](C#C[Si](C)(C)C)N[C@H]1COC(C)(C)O[C@H]1c1ccccc1. The van der Waals surface area contributed by atoms with E-state index >= 15 is 0 Å². The summed E-state index contributed by atoms with van der Waals surface area (Å²) < 4.78 is 12.0. The Morgan fingerprint density at radius 3 is 2.48 bits per heavy atom. The summed E-state index contributed by atoms with van der Waals surface area (Å²) in [6.07, 6.45) is -0.0314. The van der Waals surface area contributed by atoms with Gasteiger partial charge in [-0.05, 0) is 26.3 Å². The molecule has 0 amide bonds. The van der Waals surface area contributed by atoms with Gasteiger partial charge in [0.05, 0.1) is 18.7 Å². The molecule has 1 aromatic carbocycles. The van der Waals surface area contributed by atoms with Gasteiger partial charge in [0.2, 0.25) is 0 Å². The lowest BCUT2D eigenvalue weighted by Gasteiger charge is -2.42. The number of benzene rings is 1. The predicted octanol–water partition coefficient (Wildman–Crippen LogP) is 3.74. The minimum atomic E-state index is -1.35. The molecular weight excluding hydrogens is 302 g/mol. The molecule has 1 aromatic rings. The van der Waals surface area contributed by atoms with Crippen LogP contribution in [0.15, 0.2) is 30.3 Å². The first-order valence-electron chi connectivity index (χ1n) is 8.32. The fourth-order valence-electron chi connectivity index (χ4n) is 2.57. The molecule has 1 aliphatic heterocycles. The van der Waals surface area contributed by atoms with E-state index in [0.717, 1.165) is 0 Å². The van der Waals surface area contributed by atoms with Crippen molar-refractivity contribution in [3.05, 3.63) is 35.9 Å². The van der Waals surface area contributed by atoms with Gasteiger partial charge in [-0.2, -0.15) is 0 Å². The fourth-order valence-corrected chi connectivity index (χ4v) is 3.22. The molecule has 1 N–H and O–H groups in total. The number of rotatable bonds is 3. The molecule has 0 unspecified atom stereocenters. The van der Waals surface area contributed by atoms with Gasteiger partial charge in [-0.1, -0.05) is 55.9 Å². The van der Waals surface area contributed by atoms with E-state index < -0.39 is 13.9 Å². The van der Waals surface area contributed by atoms with Crippen molar-refractivity contribution in [1.29, 1.82) is 0 Å². The zero-order valence-electron chi connectivity index (χ0n) is 15.1. The summed E-state index contributed by atoms with van der Waals surface area (Å²) >= 11 is 0. The van der Waals surface area contributed by atoms with Gasteiger partial charge in [-0.25, -0.2) is 0 Å². The van der Waals surface area contributed by atoms with E-state index in [0.29, 0.717) is 6.61 Å². The van der Waals surface area contributed by atoms with E-state index in [4.69, 9.17) is 9.47 Å². The number of hydrogen-bond donors (Lipinski definition) is 1. The summed E-state index contributed by atoms with van der Waals surface area (Å²) in [4.78, 5) is 0. The molecule has 1 saturated heterocycles. The normalized spacial score (nSPS) is 25.3. The van der Waals surface area contributed by atoms with Gasteiger partial charge in [0, 0.05) is 0 Å². The van der Waals surface area contributed by atoms with Crippen molar-refractivity contribution in [2.75, 3.05) is 6.61 Å². The summed E-state index contributed by atoms with van der Waals surface area (Å²) in [6, 6.07) is 10.6. The Hall–Kier alpha value is -1.12. The average molecular weight is 332 g/mol. The Labute approximate surface area is 141 Å². The molecule has 4 heteroatoms. The first-order chi connectivity index (χ1) is 10.7. The number of nitrogens with one attached hydrogen (secondary N) is 1. The standard InChI is InChI=1S/C19H29NO2Si/c1-15(12-13-23(4,5)6)20-17-14-21-19(2,3)22-18(17)16-10-8-7-9-11-16/h7-11,15,17-18,20H,14H2,1-6H3/t15-,17-,18-/m0/s1. The maximum atomic E-state index is 6.19. The van der Waals surface area contributed by atoms with E-state index in [1.807, 2.05) is 32.0 Å². The summed E-state index contributed by atoms with van der Waals surface area (Å²) in [5, 5.41) is 3.58. The highest BCUT2D eigenvalue weighted by Crippen LogP contribution is 2.33. The second-order valence-corrected chi connectivity index (χ2v) is 12.4. The third kappa shape index (κ3) is 5.78. The average Bonchev–Trinajstić information content (AvgIpc) is 2.47. The summed E-state index contributed by atoms with van der Waals surface area (Å²) in [5.41, 5.74) is 4.60. The van der Waals surface area contributed by atoms with Gasteiger partial charge in [0.1, 0.15) is 14.2 Å². The van der Waals surface area contributed by atoms with Gasteiger partial charge in [-0.15, -0.1) is 5.54 Å². The summed E-state index contributed by atoms with van der Waals surface area (Å²) in [6.45, 7) is 13.4. The monoisotopic (exact) mass is 331 g/mol. The third-order valence-corrected chi connectivity index (χ3v) is 4.54. The van der Waals surface area contributed by atoms with Gasteiger partial charge >= 0.3 is 0 Å². The highest BCUT2D eigenvalue weighted by atomic mass is 28.3. The molecule has 0 saturated carbocycles. The van der Waals surface area contributed by atoms with Crippen LogP contribution in [-0.4, -0.2) is 32.6 Å². The van der Waals surface area contributed by atoms with Crippen molar-refractivity contribution in [3.8, 4) is 11.5 Å². The van der Waals surface area contributed by atoms with E-state index in [1.54, 1.807) is 0 Å². The van der Waals surface area contributed by atoms with E-state index in [-0.39, 0.29) is 18.2 Å². The van der Waals surface area contributed by atoms with E-state index in [1.165, 1.54) is 5.56 Å². The quantitative estimate of drug-likeness (QED) is 0.676. The Kier molecular flexibility index (Phi) is 5.69. The Morgan fingerprint density at radius 1 is 1.22 bits per heavy atom. The van der Waals surface area contributed by atoms with Crippen LogP contribution in [0.25, 0.3) is 0 Å². The van der Waals surface area contributed by atoms with Crippen LogP contribution in [0.4, 0.5) is 0 Å². The smallest absolute Gasteiger partial charge is 0.163 e. The molecule has 0 aromatic heterocycles. The second-order valence-electron chi connectivity index (χ2n) is 7.67. The van der Waals surface area contributed by atoms with Crippen molar-refractivity contribution in [1.82, 2.24) is 5.32 Å². The molecule has 1 heterocycles. The molecule has 23 heavy (non-hydrogen) atoms. The molecule has 0 bridgehead atoms. The lowest BCUT2D eigenvalue weighted by molar-refractivity contribution is -0.285. The molecule has 1 aliphatic rings. The number of hydrogen-bond acceptors (Lipinski definition) is 3. The van der Waals surface area contributed by atoms with E-state index in [2.05, 4.69) is 55.5 Å². The zero-order valence-corrected chi connectivity index (χ0v) is 16.1. The van der Waals surface area contributed by atoms with Crippen molar-refractivity contribution < 1.29 is 9.47 Å². The van der Waals surface area contributed by atoms with Crippen molar-refractivity contribution >= 4 is 8.07 Å². The molecule has 126 valence electrons. The Bertz CT molecular complexity index is 569. The van der Waals surface area contributed by atoms with Gasteiger partial charge in [0.25, 0.3) is 0 Å². The van der Waals surface area contributed by atoms with Crippen LogP contribution in [0.2, 0.25) is 19.6 Å². The van der Waals surface area contributed by atoms with Crippen molar-refractivity contribution in [2.24, 2.45) is 0 Å². The van der Waals surface area contributed by atoms with Gasteiger partial charge in [-0.3, -0.25) is 5.32 Å². The van der Waals surface area contributed by atoms with Gasteiger partial charge < -0.3 is 9.47 Å². The molecule has 0 radical (unpaired) electrons. The highest BCUT2D eigenvalue weighted by molar-refractivity contribution is 6.83. The maximum Gasteiger partial charge on any atom is 0.163 e. The van der Waals surface area contributed by atoms with Crippen LogP contribution in [0.1, 0.15) is 32.4 Å². The molecule has 0 aliphatic carbocycles. The topological polar surface area (TPSA) is 30.5 Å². The second kappa shape index (κ2) is 7.19. The molecule has 0 spiro atoms. The van der Waals surface area contributed by atoms with Crippen LogP contribution in [0, 0.1) is 11.5 Å². The van der Waals surface area contributed by atoms with E-state index in [9.17, 15) is 0 Å². The maximum absolute atomic E-state index is 6.19. The minimum Gasteiger partial charge on any atom is -0.349 e. The predicted molar refractivity (Wildman–Crippen MR) is 97.8 cm³/mol. The molecule has 3 nitrogen and oxygen atoms in total. The molecule has 2 rings (SSSR count). The van der Waals surface area contributed by atoms with Crippen LogP contribution in [0.3, 0.4) is 0 Å². The summed E-state index contributed by atoms with van der Waals surface area (Å²) in [7, 11) is -1.35. The lowest BCUT2D eigenvalue weighted by Crippen LogP contribution is -2.52. The van der Waals surface area contributed by atoms with Crippen LogP contribution in [0.5, 0.6) is 0 Å². The van der Waals surface area contributed by atoms with Crippen LogP contribution >= 0.6 is 0 Å². The molecular formula is C19H29NO2Si. The fraction of sp³-hybridized carbons (Fsp3) is 0.579. The largest absolute Gasteiger partial charge is 0.349 e. The Morgan fingerprint density at radius 2 is 1.87 bits per heavy atom.